The largest absolute Gasteiger partial charge is 0.324 e. The van der Waals surface area contributed by atoms with Crippen molar-refractivity contribution in [1.82, 2.24) is 19.7 Å². The first kappa shape index (κ1) is 13.9. The van der Waals surface area contributed by atoms with Crippen molar-refractivity contribution in [3.05, 3.63) is 60.6 Å². The summed E-state index contributed by atoms with van der Waals surface area (Å²) < 4.78 is 1.49. The second kappa shape index (κ2) is 6.17. The number of rotatable bonds is 4. The van der Waals surface area contributed by atoms with E-state index in [1.165, 1.54) is 11.0 Å². The second-order valence-electron chi connectivity index (χ2n) is 4.89. The fraction of sp³-hybridized carbons (Fsp3) is 0.125. The maximum absolute atomic E-state index is 12.0. The summed E-state index contributed by atoms with van der Waals surface area (Å²) in [6.45, 7) is 2.11. The highest BCUT2D eigenvalue weighted by Crippen LogP contribution is 2.10. The molecule has 0 bridgehead atoms. The van der Waals surface area contributed by atoms with E-state index in [2.05, 4.69) is 20.4 Å². The van der Waals surface area contributed by atoms with E-state index in [1.807, 2.05) is 49.4 Å². The lowest BCUT2D eigenvalue weighted by Crippen LogP contribution is -2.19. The molecule has 6 heteroatoms. The summed E-state index contributed by atoms with van der Waals surface area (Å²) in [7, 11) is 0. The molecule has 0 unspecified atom stereocenters. The number of hydrogen-bond donors (Lipinski definition) is 1. The third-order valence-corrected chi connectivity index (χ3v) is 3.07. The van der Waals surface area contributed by atoms with Gasteiger partial charge in [-0.2, -0.15) is 0 Å². The van der Waals surface area contributed by atoms with Gasteiger partial charge in [-0.15, -0.1) is 5.10 Å². The van der Waals surface area contributed by atoms with Crippen LogP contribution in [0.25, 0.3) is 11.5 Å². The van der Waals surface area contributed by atoms with Gasteiger partial charge in [0.1, 0.15) is 18.6 Å². The van der Waals surface area contributed by atoms with Gasteiger partial charge < -0.3 is 5.32 Å². The number of nitrogens with one attached hydrogen (secondary N) is 1. The van der Waals surface area contributed by atoms with Crippen LogP contribution in [0.5, 0.6) is 0 Å². The molecule has 0 fully saturated rings. The second-order valence-corrected chi connectivity index (χ2v) is 4.89. The highest BCUT2D eigenvalue weighted by Gasteiger charge is 2.08. The van der Waals surface area contributed by atoms with E-state index in [-0.39, 0.29) is 12.5 Å². The number of aryl methyl sites for hydroxylation is 1. The number of nitrogens with zero attached hydrogens (tertiary/aromatic N) is 4. The topological polar surface area (TPSA) is 72.7 Å². The number of amides is 1. The van der Waals surface area contributed by atoms with Crippen molar-refractivity contribution >= 4 is 11.6 Å². The van der Waals surface area contributed by atoms with Gasteiger partial charge in [0, 0.05) is 11.9 Å². The van der Waals surface area contributed by atoms with Gasteiger partial charge in [0.25, 0.3) is 0 Å². The van der Waals surface area contributed by atoms with Crippen LogP contribution in [0.1, 0.15) is 5.56 Å². The smallest absolute Gasteiger partial charge is 0.246 e. The van der Waals surface area contributed by atoms with Gasteiger partial charge >= 0.3 is 0 Å². The van der Waals surface area contributed by atoms with Gasteiger partial charge in [0.15, 0.2) is 5.82 Å². The first-order valence-electron chi connectivity index (χ1n) is 6.88. The van der Waals surface area contributed by atoms with Crippen LogP contribution >= 0.6 is 0 Å². The summed E-state index contributed by atoms with van der Waals surface area (Å²) >= 11 is 0. The zero-order valence-corrected chi connectivity index (χ0v) is 12.1. The fourth-order valence-electron chi connectivity index (χ4n) is 1.97. The van der Waals surface area contributed by atoms with E-state index < -0.39 is 0 Å². The van der Waals surface area contributed by atoms with Crippen LogP contribution in [0.2, 0.25) is 0 Å². The molecule has 3 aromatic rings. The molecule has 0 aliphatic rings. The van der Waals surface area contributed by atoms with E-state index in [0.717, 1.165) is 11.3 Å². The molecule has 0 aliphatic carbocycles. The van der Waals surface area contributed by atoms with E-state index in [1.54, 1.807) is 6.20 Å². The molecular formula is C16H15N5O. The number of benzene rings is 1. The normalized spacial score (nSPS) is 10.4. The molecular weight excluding hydrogens is 278 g/mol. The number of hydrogen-bond acceptors (Lipinski definition) is 4. The molecule has 1 aromatic carbocycles. The standard InChI is InChI=1S/C16H15N5O/c1-12-5-7-13(8-6-12)19-15(22)10-21-11-18-16(20-21)14-4-2-3-9-17-14/h2-9,11H,10H2,1H3,(H,19,22). The number of carbonyl (C=O) groups is 1. The molecule has 1 N–H and O–H groups in total. The molecule has 6 nitrogen and oxygen atoms in total. The first-order chi connectivity index (χ1) is 10.7. The molecule has 0 atom stereocenters. The molecule has 110 valence electrons. The Hall–Kier alpha value is -3.02. The van der Waals surface area contributed by atoms with Crippen molar-refractivity contribution < 1.29 is 4.79 Å². The Labute approximate surface area is 127 Å². The first-order valence-corrected chi connectivity index (χ1v) is 6.88. The van der Waals surface area contributed by atoms with E-state index in [4.69, 9.17) is 0 Å². The third kappa shape index (κ3) is 3.35. The van der Waals surface area contributed by atoms with Gasteiger partial charge in [-0.1, -0.05) is 23.8 Å². The lowest BCUT2D eigenvalue weighted by Gasteiger charge is -2.05. The summed E-state index contributed by atoms with van der Waals surface area (Å²) in [5, 5.41) is 7.08. The van der Waals surface area contributed by atoms with Crippen LogP contribution in [0, 0.1) is 6.92 Å². The van der Waals surface area contributed by atoms with Crippen LogP contribution < -0.4 is 5.32 Å². The van der Waals surface area contributed by atoms with Gasteiger partial charge in [0.05, 0.1) is 0 Å². The quantitative estimate of drug-likeness (QED) is 0.801. The van der Waals surface area contributed by atoms with E-state index in [9.17, 15) is 4.79 Å². The number of pyridine rings is 1. The predicted molar refractivity (Wildman–Crippen MR) is 83.1 cm³/mol. The summed E-state index contributed by atoms with van der Waals surface area (Å²) in [5.74, 6) is 0.352. The van der Waals surface area contributed by atoms with Crippen LogP contribution in [0.3, 0.4) is 0 Å². The van der Waals surface area contributed by atoms with E-state index >= 15 is 0 Å². The number of aromatic nitrogens is 4. The van der Waals surface area contributed by atoms with Crippen molar-refractivity contribution in [1.29, 1.82) is 0 Å². The fourth-order valence-corrected chi connectivity index (χ4v) is 1.97. The van der Waals surface area contributed by atoms with Crippen molar-refractivity contribution in [3.8, 4) is 11.5 Å². The Balaban J connectivity index is 1.65. The van der Waals surface area contributed by atoms with Crippen LogP contribution in [-0.2, 0) is 11.3 Å². The predicted octanol–water partition coefficient (Wildman–Crippen LogP) is 2.29. The SMILES string of the molecule is Cc1ccc(NC(=O)Cn2cnc(-c3ccccn3)n2)cc1. The van der Waals surface area contributed by atoms with Crippen LogP contribution in [-0.4, -0.2) is 25.7 Å². The van der Waals surface area contributed by atoms with Crippen molar-refractivity contribution in [2.45, 2.75) is 13.5 Å². The van der Waals surface area contributed by atoms with Crippen LogP contribution in [0.15, 0.2) is 55.0 Å². The molecule has 2 aromatic heterocycles. The highest BCUT2D eigenvalue weighted by atomic mass is 16.2. The number of anilines is 1. The zero-order valence-electron chi connectivity index (χ0n) is 12.1. The maximum atomic E-state index is 12.0. The minimum absolute atomic E-state index is 0.105. The lowest BCUT2D eigenvalue weighted by molar-refractivity contribution is -0.116. The Morgan fingerprint density at radius 2 is 1.95 bits per heavy atom. The van der Waals surface area contributed by atoms with Gasteiger partial charge in [-0.3, -0.25) is 9.78 Å². The molecule has 2 heterocycles. The minimum atomic E-state index is -0.152. The molecule has 0 saturated carbocycles. The average molecular weight is 293 g/mol. The molecule has 1 amide bonds. The maximum Gasteiger partial charge on any atom is 0.246 e. The summed E-state index contributed by atoms with van der Waals surface area (Å²) in [5.41, 5.74) is 2.59. The Bertz CT molecular complexity index is 765. The molecule has 0 radical (unpaired) electrons. The molecule has 22 heavy (non-hydrogen) atoms. The van der Waals surface area contributed by atoms with Gasteiger partial charge in [-0.25, -0.2) is 9.67 Å². The van der Waals surface area contributed by atoms with Gasteiger partial charge in [-0.05, 0) is 31.2 Å². The van der Waals surface area contributed by atoms with Crippen molar-refractivity contribution in [3.63, 3.8) is 0 Å². The summed E-state index contributed by atoms with van der Waals surface area (Å²) in [6, 6.07) is 13.2. The Kier molecular flexibility index (Phi) is 3.91. The Morgan fingerprint density at radius 3 is 2.68 bits per heavy atom. The van der Waals surface area contributed by atoms with Crippen molar-refractivity contribution in [2.75, 3.05) is 5.32 Å². The van der Waals surface area contributed by atoms with Gasteiger partial charge in [0.2, 0.25) is 5.91 Å². The summed E-state index contributed by atoms with van der Waals surface area (Å²) in [4.78, 5) is 20.3. The average Bonchev–Trinajstić information content (AvgIpc) is 2.99. The van der Waals surface area contributed by atoms with E-state index in [0.29, 0.717) is 11.5 Å². The minimum Gasteiger partial charge on any atom is -0.324 e. The third-order valence-electron chi connectivity index (χ3n) is 3.07. The molecule has 3 rings (SSSR count). The Morgan fingerprint density at radius 1 is 1.14 bits per heavy atom. The summed E-state index contributed by atoms with van der Waals surface area (Å²) in [6.07, 6.45) is 3.21. The monoisotopic (exact) mass is 293 g/mol. The van der Waals surface area contributed by atoms with Crippen LogP contribution in [0.4, 0.5) is 5.69 Å². The zero-order chi connectivity index (χ0) is 15.4. The highest BCUT2D eigenvalue weighted by molar-refractivity contribution is 5.90. The number of carbonyl (C=O) groups excluding carboxylic acids is 1. The lowest BCUT2D eigenvalue weighted by atomic mass is 10.2. The molecule has 0 saturated heterocycles. The molecule has 0 aliphatic heterocycles. The van der Waals surface area contributed by atoms with Crippen molar-refractivity contribution in [2.24, 2.45) is 0 Å². The molecule has 0 spiro atoms.